The summed E-state index contributed by atoms with van der Waals surface area (Å²) >= 11 is 0. The monoisotopic (exact) mass is 639 g/mol. The fourth-order valence-electron chi connectivity index (χ4n) is 3.78. The molecule has 2 unspecified atom stereocenters. The van der Waals surface area contributed by atoms with E-state index in [4.69, 9.17) is 28.7 Å². The first kappa shape index (κ1) is 37.0. The third kappa shape index (κ3) is 8.51. The van der Waals surface area contributed by atoms with Gasteiger partial charge in [-0.05, 0) is 68.2 Å². The van der Waals surface area contributed by atoms with Gasteiger partial charge in [-0.2, -0.15) is 0 Å². The summed E-state index contributed by atoms with van der Waals surface area (Å²) in [6, 6.07) is 0. The third-order valence-electron chi connectivity index (χ3n) is 9.83. The average molecular weight is 640 g/mol. The van der Waals surface area contributed by atoms with Crippen LogP contribution in [0.15, 0.2) is 6.33 Å². The van der Waals surface area contributed by atoms with Gasteiger partial charge in [0.25, 0.3) is 0 Å². The molecule has 2 aromatic heterocycles. The SMILES string of the molecule is Cc1nc2c(N)ncnc2n1C(OC(CO[Si](C)(C)C(C)(C)C)CO[Si](C)(C)C(C)(C)C)C(C)O[Si](C)(C)C(C)(C)C. The molecule has 0 aromatic carbocycles. The number of imidazole rings is 1. The molecule has 0 amide bonds. The van der Waals surface area contributed by atoms with Gasteiger partial charge in [-0.1, -0.05) is 62.3 Å². The van der Waals surface area contributed by atoms with Crippen molar-refractivity contribution in [3.8, 4) is 0 Å². The van der Waals surface area contributed by atoms with Crippen molar-refractivity contribution in [1.29, 1.82) is 0 Å². The highest BCUT2D eigenvalue weighted by molar-refractivity contribution is 6.75. The molecule has 2 rings (SSSR count). The van der Waals surface area contributed by atoms with E-state index in [1.165, 1.54) is 6.33 Å². The zero-order valence-electron chi connectivity index (χ0n) is 29.7. The zero-order valence-corrected chi connectivity index (χ0v) is 32.7. The topological polar surface area (TPSA) is 107 Å². The minimum atomic E-state index is -2.16. The van der Waals surface area contributed by atoms with Crippen molar-refractivity contribution >= 4 is 41.9 Å². The van der Waals surface area contributed by atoms with Crippen LogP contribution in [0.5, 0.6) is 0 Å². The number of nitrogens with zero attached hydrogens (tertiary/aromatic N) is 4. The van der Waals surface area contributed by atoms with Crippen LogP contribution in [0, 0.1) is 6.92 Å². The van der Waals surface area contributed by atoms with Gasteiger partial charge in [-0.15, -0.1) is 0 Å². The van der Waals surface area contributed by atoms with Gasteiger partial charge in [0.05, 0.1) is 19.3 Å². The van der Waals surface area contributed by atoms with E-state index in [-0.39, 0.29) is 27.3 Å². The highest BCUT2D eigenvalue weighted by atomic mass is 28.4. The Morgan fingerprint density at radius 1 is 0.786 bits per heavy atom. The van der Waals surface area contributed by atoms with Gasteiger partial charge in [0.15, 0.2) is 48.2 Å². The van der Waals surface area contributed by atoms with E-state index in [2.05, 4.69) is 118 Å². The molecule has 0 saturated heterocycles. The van der Waals surface area contributed by atoms with Gasteiger partial charge in [0.2, 0.25) is 0 Å². The van der Waals surface area contributed by atoms with E-state index in [9.17, 15) is 0 Å². The summed E-state index contributed by atoms with van der Waals surface area (Å²) < 4.78 is 29.5. The molecule has 42 heavy (non-hydrogen) atoms. The minimum absolute atomic E-state index is 0.0285. The number of hydrogen-bond acceptors (Lipinski definition) is 8. The third-order valence-corrected chi connectivity index (χ3v) is 23.4. The number of fused-ring (bicyclic) bond motifs is 1. The van der Waals surface area contributed by atoms with Crippen LogP contribution in [0.25, 0.3) is 11.2 Å². The second-order valence-electron chi connectivity index (χ2n) is 16.3. The number of anilines is 1. The molecule has 0 fully saturated rings. The van der Waals surface area contributed by atoms with Crippen LogP contribution in [0.4, 0.5) is 5.82 Å². The van der Waals surface area contributed by atoms with Crippen molar-refractivity contribution in [2.75, 3.05) is 18.9 Å². The number of hydrogen-bond donors (Lipinski definition) is 1. The molecule has 12 heteroatoms. The summed E-state index contributed by atoms with van der Waals surface area (Å²) in [5.41, 5.74) is 7.42. The summed E-state index contributed by atoms with van der Waals surface area (Å²) in [6.07, 6.45) is 0.306. The largest absolute Gasteiger partial charge is 0.414 e. The Labute approximate surface area is 259 Å². The van der Waals surface area contributed by atoms with Crippen LogP contribution in [0.2, 0.25) is 54.4 Å². The maximum absolute atomic E-state index is 7.07. The molecule has 2 heterocycles. The predicted molar refractivity (Wildman–Crippen MR) is 182 cm³/mol. The van der Waals surface area contributed by atoms with Crippen LogP contribution in [0.1, 0.15) is 81.3 Å². The Morgan fingerprint density at radius 3 is 1.67 bits per heavy atom. The molecule has 2 aromatic rings. The first-order valence-electron chi connectivity index (χ1n) is 15.3. The first-order valence-corrected chi connectivity index (χ1v) is 24.0. The second-order valence-corrected chi connectivity index (χ2v) is 30.7. The lowest BCUT2D eigenvalue weighted by Crippen LogP contribution is -2.49. The highest BCUT2D eigenvalue weighted by Gasteiger charge is 2.43. The van der Waals surface area contributed by atoms with E-state index in [0.29, 0.717) is 30.2 Å². The van der Waals surface area contributed by atoms with Crippen LogP contribution >= 0.6 is 0 Å². The summed E-state index contributed by atoms with van der Waals surface area (Å²) in [5, 5.41) is 0.171. The number of nitrogens with two attached hydrogens (primary N) is 1. The van der Waals surface area contributed by atoms with Crippen LogP contribution in [0.3, 0.4) is 0 Å². The number of ether oxygens (including phenoxy) is 1. The Bertz CT molecular complexity index is 1170. The summed E-state index contributed by atoms with van der Waals surface area (Å²) in [7, 11) is -6.26. The minimum Gasteiger partial charge on any atom is -0.414 e. The molecule has 0 spiro atoms. The van der Waals surface area contributed by atoms with Gasteiger partial charge in [-0.25, -0.2) is 15.0 Å². The molecule has 2 atom stereocenters. The normalized spacial score (nSPS) is 16.0. The van der Waals surface area contributed by atoms with Gasteiger partial charge in [0, 0.05) is 0 Å². The van der Waals surface area contributed by atoms with Gasteiger partial charge in [0.1, 0.15) is 18.3 Å². The van der Waals surface area contributed by atoms with Crippen molar-refractivity contribution in [3.63, 3.8) is 0 Å². The van der Waals surface area contributed by atoms with Crippen LogP contribution < -0.4 is 5.73 Å². The van der Waals surface area contributed by atoms with Gasteiger partial charge in [-0.3, -0.25) is 4.57 Å². The van der Waals surface area contributed by atoms with E-state index in [0.717, 1.165) is 5.82 Å². The fourth-order valence-corrected chi connectivity index (χ4v) is 7.25. The Kier molecular flexibility index (Phi) is 11.2. The van der Waals surface area contributed by atoms with E-state index < -0.39 is 31.2 Å². The second kappa shape index (κ2) is 12.7. The number of aryl methyl sites for hydroxylation is 1. The number of rotatable bonds is 12. The molecule has 0 bridgehead atoms. The first-order chi connectivity index (χ1) is 18.7. The number of nitrogen functional groups attached to an aromatic ring is 1. The summed E-state index contributed by atoms with van der Waals surface area (Å²) in [4.78, 5) is 13.5. The predicted octanol–water partition coefficient (Wildman–Crippen LogP) is 8.05. The van der Waals surface area contributed by atoms with Crippen molar-refractivity contribution < 1.29 is 18.0 Å². The molecule has 0 aliphatic heterocycles. The molecule has 242 valence electrons. The maximum Gasteiger partial charge on any atom is 0.192 e. The van der Waals surface area contributed by atoms with E-state index >= 15 is 0 Å². The fraction of sp³-hybridized carbons (Fsp3) is 0.833. The Hall–Kier alpha value is -1.16. The Morgan fingerprint density at radius 2 is 1.24 bits per heavy atom. The lowest BCUT2D eigenvalue weighted by molar-refractivity contribution is -0.129. The average Bonchev–Trinajstić information content (AvgIpc) is 3.13. The molecule has 2 N–H and O–H groups in total. The molecule has 0 aliphatic rings. The highest BCUT2D eigenvalue weighted by Crippen LogP contribution is 2.41. The lowest BCUT2D eigenvalue weighted by atomic mass is 10.2. The summed E-state index contributed by atoms with van der Waals surface area (Å²) in [6.45, 7) is 38.8. The van der Waals surface area contributed by atoms with Crippen molar-refractivity contribution in [2.24, 2.45) is 0 Å². The van der Waals surface area contributed by atoms with Crippen LogP contribution in [-0.4, -0.2) is 69.9 Å². The lowest BCUT2D eigenvalue weighted by Gasteiger charge is -2.42. The Balaban J connectivity index is 2.61. The maximum atomic E-state index is 7.07. The molecular weight excluding hydrogens is 579 g/mol. The standard InChI is InChI=1S/C30H61N5O4Si3/c1-21(39-42(16,17)30(9,10)11)27(35-22(2)34-24-25(31)32-20-33-26(24)35)38-23(18-36-40(12,13)28(3,4)5)19-37-41(14,15)29(6,7)8/h20-21,23,27H,18-19H2,1-17H3,(H2,31,32,33). The molecule has 0 radical (unpaired) electrons. The van der Waals surface area contributed by atoms with Gasteiger partial charge < -0.3 is 23.7 Å². The van der Waals surface area contributed by atoms with Crippen molar-refractivity contribution in [1.82, 2.24) is 19.5 Å². The molecular formula is C30H61N5O4Si3. The van der Waals surface area contributed by atoms with Crippen molar-refractivity contribution in [3.05, 3.63) is 12.2 Å². The molecule has 0 aliphatic carbocycles. The van der Waals surface area contributed by atoms with Crippen LogP contribution in [-0.2, 0) is 18.0 Å². The van der Waals surface area contributed by atoms with E-state index in [1.807, 2.05) is 11.5 Å². The zero-order chi connectivity index (χ0) is 32.7. The molecule has 9 nitrogen and oxygen atoms in total. The number of aromatic nitrogens is 4. The smallest absolute Gasteiger partial charge is 0.192 e. The molecule has 0 saturated carbocycles. The van der Waals surface area contributed by atoms with Crippen molar-refractivity contribution in [2.45, 2.75) is 149 Å². The quantitative estimate of drug-likeness (QED) is 0.233. The van der Waals surface area contributed by atoms with E-state index in [1.54, 1.807) is 0 Å². The summed E-state index contributed by atoms with van der Waals surface area (Å²) in [5.74, 6) is 1.08. The van der Waals surface area contributed by atoms with Gasteiger partial charge >= 0.3 is 0 Å².